The largest absolute Gasteiger partial charge is 0.381 e. The summed E-state index contributed by atoms with van der Waals surface area (Å²) in [7, 11) is 1.52. The molecule has 1 aromatic heterocycles. The van der Waals surface area contributed by atoms with Crippen LogP contribution < -0.4 is 16.2 Å². The van der Waals surface area contributed by atoms with Gasteiger partial charge in [-0.05, 0) is 12.8 Å². The Morgan fingerprint density at radius 1 is 1.62 bits per heavy atom. The highest BCUT2D eigenvalue weighted by atomic mass is 16.2. The molecule has 0 spiro atoms. The zero-order chi connectivity index (χ0) is 11.5. The second-order valence-electron chi connectivity index (χ2n) is 3.83. The van der Waals surface area contributed by atoms with E-state index in [1.807, 2.05) is 0 Å². The van der Waals surface area contributed by atoms with Gasteiger partial charge >= 0.3 is 0 Å². The number of amides is 1. The van der Waals surface area contributed by atoms with Crippen molar-refractivity contribution in [2.75, 3.05) is 12.4 Å². The Morgan fingerprint density at radius 3 is 2.94 bits per heavy atom. The van der Waals surface area contributed by atoms with Crippen LogP contribution in [0.1, 0.15) is 12.8 Å². The summed E-state index contributed by atoms with van der Waals surface area (Å²) >= 11 is 0. The number of carbonyl (C=O) groups excluding carboxylic acids is 1. The molecule has 1 fully saturated rings. The summed E-state index contributed by atoms with van der Waals surface area (Å²) in [5.41, 5.74) is 0.454. The minimum absolute atomic E-state index is 0.0426. The highest BCUT2D eigenvalue weighted by Crippen LogP contribution is 2.23. The van der Waals surface area contributed by atoms with Crippen molar-refractivity contribution >= 4 is 11.6 Å². The van der Waals surface area contributed by atoms with Gasteiger partial charge in [0, 0.05) is 19.2 Å². The molecule has 0 bridgehead atoms. The van der Waals surface area contributed by atoms with E-state index in [-0.39, 0.29) is 18.0 Å². The Bertz CT molecular complexity index is 450. The number of rotatable bonds is 4. The van der Waals surface area contributed by atoms with Gasteiger partial charge in [-0.3, -0.25) is 9.59 Å². The fraction of sp³-hybridized carbons (Fsp3) is 0.500. The smallest absolute Gasteiger partial charge is 0.269 e. The first-order chi connectivity index (χ1) is 7.69. The molecule has 6 nitrogen and oxygen atoms in total. The summed E-state index contributed by atoms with van der Waals surface area (Å²) in [6.45, 7) is -0.0426. The van der Waals surface area contributed by atoms with Gasteiger partial charge in [-0.1, -0.05) is 0 Å². The molecule has 2 rings (SSSR count). The summed E-state index contributed by atoms with van der Waals surface area (Å²) < 4.78 is 1.14. The number of hydrogen-bond donors (Lipinski definition) is 2. The van der Waals surface area contributed by atoms with E-state index in [9.17, 15) is 9.59 Å². The van der Waals surface area contributed by atoms with Crippen LogP contribution in [-0.4, -0.2) is 28.8 Å². The Kier molecular flexibility index (Phi) is 2.89. The molecule has 0 aliphatic heterocycles. The molecule has 1 aliphatic rings. The average Bonchev–Trinajstić information content (AvgIpc) is 3.06. The van der Waals surface area contributed by atoms with Crippen molar-refractivity contribution in [3.8, 4) is 0 Å². The molecule has 1 heterocycles. The fourth-order valence-electron chi connectivity index (χ4n) is 1.31. The summed E-state index contributed by atoms with van der Waals surface area (Å²) in [5, 5.41) is 9.55. The Balaban J connectivity index is 2.09. The Morgan fingerprint density at radius 2 is 2.38 bits per heavy atom. The van der Waals surface area contributed by atoms with Crippen LogP contribution >= 0.6 is 0 Å². The normalized spacial score (nSPS) is 14.6. The van der Waals surface area contributed by atoms with Gasteiger partial charge in [0.05, 0.1) is 11.9 Å². The van der Waals surface area contributed by atoms with Gasteiger partial charge in [0.25, 0.3) is 5.56 Å². The van der Waals surface area contributed by atoms with Gasteiger partial charge < -0.3 is 10.6 Å². The second-order valence-corrected chi connectivity index (χ2v) is 3.83. The number of likely N-dealkylation sites (N-methyl/N-ethyl adjacent to an activating group) is 1. The molecular formula is C10H14N4O2. The lowest BCUT2D eigenvalue weighted by Gasteiger charge is -2.06. The molecule has 86 valence electrons. The number of nitrogens with one attached hydrogen (secondary N) is 2. The topological polar surface area (TPSA) is 76.0 Å². The number of anilines is 1. The number of aromatic nitrogens is 2. The van der Waals surface area contributed by atoms with Crippen molar-refractivity contribution < 1.29 is 4.79 Å². The Labute approximate surface area is 92.7 Å². The van der Waals surface area contributed by atoms with Crippen molar-refractivity contribution in [3.05, 3.63) is 22.6 Å². The van der Waals surface area contributed by atoms with Crippen molar-refractivity contribution in [2.45, 2.75) is 25.4 Å². The van der Waals surface area contributed by atoms with Crippen LogP contribution in [0.25, 0.3) is 0 Å². The van der Waals surface area contributed by atoms with E-state index in [4.69, 9.17) is 0 Å². The average molecular weight is 222 g/mol. The quantitative estimate of drug-likeness (QED) is 0.724. The van der Waals surface area contributed by atoms with Gasteiger partial charge in [-0.2, -0.15) is 5.10 Å². The standard InChI is InChI=1S/C10H14N4O2/c1-11-9(15)6-14-10(16)4-8(5-12-14)13-7-2-3-7/h4-5,7,13H,2-3,6H2,1H3,(H,11,15). The van der Waals surface area contributed by atoms with Gasteiger partial charge in [0.1, 0.15) is 6.54 Å². The molecule has 1 amide bonds. The molecule has 1 saturated carbocycles. The number of hydrogen-bond acceptors (Lipinski definition) is 4. The monoisotopic (exact) mass is 222 g/mol. The van der Waals surface area contributed by atoms with E-state index < -0.39 is 0 Å². The number of carbonyl (C=O) groups is 1. The SMILES string of the molecule is CNC(=O)Cn1ncc(NC2CC2)cc1=O. The van der Waals surface area contributed by atoms with Crippen molar-refractivity contribution in [2.24, 2.45) is 0 Å². The molecule has 0 radical (unpaired) electrons. The van der Waals surface area contributed by atoms with Gasteiger partial charge in [-0.25, -0.2) is 4.68 Å². The van der Waals surface area contributed by atoms with Crippen LogP contribution in [0, 0.1) is 0 Å². The van der Waals surface area contributed by atoms with Crippen molar-refractivity contribution in [1.29, 1.82) is 0 Å². The maximum atomic E-state index is 11.6. The molecule has 0 unspecified atom stereocenters. The molecule has 0 saturated heterocycles. The van der Waals surface area contributed by atoms with E-state index in [1.54, 1.807) is 6.20 Å². The predicted molar refractivity (Wildman–Crippen MR) is 59.2 cm³/mol. The van der Waals surface area contributed by atoms with Crippen LogP contribution in [0.2, 0.25) is 0 Å². The van der Waals surface area contributed by atoms with Crippen LogP contribution in [-0.2, 0) is 11.3 Å². The molecule has 0 atom stereocenters. The third-order valence-corrected chi connectivity index (χ3v) is 2.39. The van der Waals surface area contributed by atoms with Crippen molar-refractivity contribution in [1.82, 2.24) is 15.1 Å². The van der Waals surface area contributed by atoms with E-state index in [2.05, 4.69) is 15.7 Å². The first-order valence-electron chi connectivity index (χ1n) is 5.23. The second kappa shape index (κ2) is 4.34. The predicted octanol–water partition coefficient (Wildman–Crippen LogP) is -0.436. The first kappa shape index (κ1) is 10.7. The molecule has 1 aliphatic carbocycles. The van der Waals surface area contributed by atoms with Gasteiger partial charge in [-0.15, -0.1) is 0 Å². The summed E-state index contributed by atoms with van der Waals surface area (Å²) in [5.74, 6) is -0.238. The first-order valence-corrected chi connectivity index (χ1v) is 5.23. The molecule has 2 N–H and O–H groups in total. The van der Waals surface area contributed by atoms with E-state index >= 15 is 0 Å². The molecule has 0 aromatic carbocycles. The maximum Gasteiger partial charge on any atom is 0.269 e. The van der Waals surface area contributed by atoms with Crippen LogP contribution in [0.4, 0.5) is 5.69 Å². The maximum absolute atomic E-state index is 11.6. The van der Waals surface area contributed by atoms with Gasteiger partial charge in [0.2, 0.25) is 5.91 Å². The molecule has 6 heteroatoms. The lowest BCUT2D eigenvalue weighted by molar-refractivity contribution is -0.121. The summed E-state index contributed by atoms with van der Waals surface area (Å²) in [4.78, 5) is 22.7. The number of nitrogens with zero attached hydrogens (tertiary/aromatic N) is 2. The van der Waals surface area contributed by atoms with Crippen molar-refractivity contribution in [3.63, 3.8) is 0 Å². The third-order valence-electron chi connectivity index (χ3n) is 2.39. The highest BCUT2D eigenvalue weighted by Gasteiger charge is 2.21. The van der Waals surface area contributed by atoms with Gasteiger partial charge in [0.15, 0.2) is 0 Å². The fourth-order valence-corrected chi connectivity index (χ4v) is 1.31. The molecular weight excluding hydrogens is 208 g/mol. The van der Waals surface area contributed by atoms with Crippen LogP contribution in [0.5, 0.6) is 0 Å². The minimum atomic E-state index is -0.269. The summed E-state index contributed by atoms with van der Waals surface area (Å²) in [6, 6.07) is 1.95. The Hall–Kier alpha value is -1.85. The molecule has 1 aromatic rings. The minimum Gasteiger partial charge on any atom is -0.381 e. The zero-order valence-electron chi connectivity index (χ0n) is 9.06. The zero-order valence-corrected chi connectivity index (χ0v) is 9.06. The van der Waals surface area contributed by atoms with E-state index in [0.29, 0.717) is 6.04 Å². The van der Waals surface area contributed by atoms with Crippen LogP contribution in [0.15, 0.2) is 17.1 Å². The van der Waals surface area contributed by atoms with Crippen LogP contribution in [0.3, 0.4) is 0 Å². The molecule has 16 heavy (non-hydrogen) atoms. The van der Waals surface area contributed by atoms with E-state index in [1.165, 1.54) is 13.1 Å². The van der Waals surface area contributed by atoms with E-state index in [0.717, 1.165) is 23.2 Å². The lowest BCUT2D eigenvalue weighted by atomic mass is 10.4. The summed E-state index contributed by atoms with van der Waals surface area (Å²) in [6.07, 6.45) is 3.85. The highest BCUT2D eigenvalue weighted by molar-refractivity contribution is 5.75. The lowest BCUT2D eigenvalue weighted by Crippen LogP contribution is -2.31. The third kappa shape index (κ3) is 2.59.